The first-order chi connectivity index (χ1) is 9.08. The van der Waals surface area contributed by atoms with E-state index < -0.39 is 0 Å². The summed E-state index contributed by atoms with van der Waals surface area (Å²) in [7, 11) is 0. The molecule has 1 aromatic carbocycles. The van der Waals surface area contributed by atoms with E-state index in [0.29, 0.717) is 11.3 Å². The molecule has 0 saturated heterocycles. The minimum absolute atomic E-state index is 0.212. The number of pyridine rings is 1. The predicted molar refractivity (Wildman–Crippen MR) is 68.2 cm³/mol. The average molecular weight is 257 g/mol. The van der Waals surface area contributed by atoms with Crippen molar-refractivity contribution in [1.82, 2.24) is 4.98 Å². The first-order valence-electron chi connectivity index (χ1n) is 6.01. The van der Waals surface area contributed by atoms with E-state index in [9.17, 15) is 9.18 Å². The van der Waals surface area contributed by atoms with Gasteiger partial charge in [0.2, 0.25) is 0 Å². The molecule has 19 heavy (non-hydrogen) atoms. The number of aromatic nitrogens is 1. The lowest BCUT2D eigenvalue weighted by atomic mass is 9.94. The van der Waals surface area contributed by atoms with Gasteiger partial charge in [-0.05, 0) is 37.1 Å². The maximum Gasteiger partial charge on any atom is 0.341 e. The predicted octanol–water partition coefficient (Wildman–Crippen LogP) is 3.17. The number of hydrogen-bond acceptors (Lipinski definition) is 3. The first kappa shape index (κ1) is 11.8. The van der Waals surface area contributed by atoms with Crippen LogP contribution in [0, 0.1) is 19.7 Å². The van der Waals surface area contributed by atoms with E-state index >= 15 is 0 Å². The van der Waals surface area contributed by atoms with Crippen molar-refractivity contribution >= 4 is 5.97 Å². The summed E-state index contributed by atoms with van der Waals surface area (Å²) in [5, 5.41) is 0. The normalized spacial score (nSPS) is 13.3. The lowest BCUT2D eigenvalue weighted by Gasteiger charge is -2.12. The highest BCUT2D eigenvalue weighted by atomic mass is 19.1. The highest BCUT2D eigenvalue weighted by Gasteiger charge is 2.29. The minimum atomic E-state index is -0.357. The van der Waals surface area contributed by atoms with Crippen LogP contribution in [0.4, 0.5) is 4.39 Å². The Morgan fingerprint density at radius 3 is 2.53 bits per heavy atom. The van der Waals surface area contributed by atoms with E-state index in [2.05, 4.69) is 4.98 Å². The van der Waals surface area contributed by atoms with Crippen molar-refractivity contribution in [1.29, 1.82) is 0 Å². The Labute approximate surface area is 110 Å². The van der Waals surface area contributed by atoms with Crippen molar-refractivity contribution < 1.29 is 13.9 Å². The molecule has 0 bridgehead atoms. The molecular weight excluding hydrogens is 245 g/mol. The van der Waals surface area contributed by atoms with Crippen LogP contribution >= 0.6 is 0 Å². The fraction of sp³-hybridized carbons (Fsp3) is 0.200. The first-order valence-corrected chi connectivity index (χ1v) is 6.01. The molecule has 3 rings (SSSR count). The van der Waals surface area contributed by atoms with Crippen LogP contribution in [0.15, 0.2) is 24.3 Å². The fourth-order valence-electron chi connectivity index (χ4n) is 2.36. The van der Waals surface area contributed by atoms with Crippen molar-refractivity contribution in [2.75, 3.05) is 0 Å². The zero-order chi connectivity index (χ0) is 13.6. The number of benzene rings is 1. The van der Waals surface area contributed by atoms with Gasteiger partial charge in [-0.25, -0.2) is 9.18 Å². The quantitative estimate of drug-likeness (QED) is 0.736. The third-order valence-corrected chi connectivity index (χ3v) is 3.44. The second kappa shape index (κ2) is 4.16. The number of hydrogen-bond donors (Lipinski definition) is 0. The summed E-state index contributed by atoms with van der Waals surface area (Å²) in [6.07, 6.45) is 0. The summed E-state index contributed by atoms with van der Waals surface area (Å²) in [5.41, 5.74) is 4.55. The third kappa shape index (κ3) is 1.80. The van der Waals surface area contributed by atoms with Crippen LogP contribution in [0.2, 0.25) is 0 Å². The number of esters is 1. The van der Waals surface area contributed by atoms with Crippen molar-refractivity contribution in [3.05, 3.63) is 52.6 Å². The summed E-state index contributed by atoms with van der Waals surface area (Å²) < 4.78 is 18.1. The van der Waals surface area contributed by atoms with E-state index in [0.717, 1.165) is 22.4 Å². The summed E-state index contributed by atoms with van der Waals surface area (Å²) in [6.45, 7) is 4.02. The Morgan fingerprint density at radius 2 is 1.84 bits per heavy atom. The van der Waals surface area contributed by atoms with E-state index in [-0.39, 0.29) is 18.4 Å². The smallest absolute Gasteiger partial charge is 0.341 e. The highest BCUT2D eigenvalue weighted by Crippen LogP contribution is 2.34. The molecule has 0 unspecified atom stereocenters. The molecule has 3 nitrogen and oxygen atoms in total. The number of carbonyl (C=O) groups excluding carboxylic acids is 1. The van der Waals surface area contributed by atoms with Crippen LogP contribution in [0.5, 0.6) is 0 Å². The van der Waals surface area contributed by atoms with Crippen molar-refractivity contribution in [3.63, 3.8) is 0 Å². The van der Waals surface area contributed by atoms with Gasteiger partial charge in [0, 0.05) is 11.3 Å². The molecule has 1 aliphatic rings. The van der Waals surface area contributed by atoms with E-state index in [1.54, 1.807) is 12.1 Å². The molecule has 0 fully saturated rings. The van der Waals surface area contributed by atoms with Gasteiger partial charge in [0.25, 0.3) is 0 Å². The standard InChI is InChI=1S/C15H12FNO2/c1-8-9(2)17-12-7-19-15(18)14(12)13(8)10-3-5-11(16)6-4-10/h3-6H,7H2,1-2H3. The largest absolute Gasteiger partial charge is 0.455 e. The van der Waals surface area contributed by atoms with Crippen molar-refractivity contribution in [3.8, 4) is 11.1 Å². The van der Waals surface area contributed by atoms with Crippen LogP contribution < -0.4 is 0 Å². The lowest BCUT2D eigenvalue weighted by molar-refractivity contribution is 0.0533. The molecule has 96 valence electrons. The monoisotopic (exact) mass is 257 g/mol. The molecule has 0 atom stereocenters. The van der Waals surface area contributed by atoms with Gasteiger partial charge in [-0.3, -0.25) is 4.98 Å². The Bertz CT molecular complexity index is 678. The van der Waals surface area contributed by atoms with Gasteiger partial charge in [0.15, 0.2) is 0 Å². The van der Waals surface area contributed by atoms with E-state index in [1.165, 1.54) is 12.1 Å². The molecule has 2 heterocycles. The SMILES string of the molecule is Cc1nc2c(c(-c3ccc(F)cc3)c1C)C(=O)OC2. The maximum absolute atomic E-state index is 13.0. The van der Waals surface area contributed by atoms with Gasteiger partial charge < -0.3 is 4.74 Å². The van der Waals surface area contributed by atoms with Crippen LogP contribution in [0.1, 0.15) is 27.3 Å². The van der Waals surface area contributed by atoms with E-state index in [4.69, 9.17) is 4.74 Å². The maximum atomic E-state index is 13.0. The molecule has 2 aromatic rings. The van der Waals surface area contributed by atoms with Crippen LogP contribution in [-0.2, 0) is 11.3 Å². The summed E-state index contributed by atoms with van der Waals surface area (Å²) in [5.74, 6) is -0.656. The number of rotatable bonds is 1. The zero-order valence-corrected chi connectivity index (χ0v) is 10.7. The van der Waals surface area contributed by atoms with Crippen LogP contribution in [0.25, 0.3) is 11.1 Å². The van der Waals surface area contributed by atoms with Gasteiger partial charge in [0.05, 0.1) is 11.3 Å². The van der Waals surface area contributed by atoms with Gasteiger partial charge >= 0.3 is 5.97 Å². The van der Waals surface area contributed by atoms with Gasteiger partial charge in [-0.15, -0.1) is 0 Å². The summed E-state index contributed by atoms with van der Waals surface area (Å²) in [4.78, 5) is 16.2. The molecule has 0 amide bonds. The van der Waals surface area contributed by atoms with Crippen molar-refractivity contribution in [2.24, 2.45) is 0 Å². The second-order valence-electron chi connectivity index (χ2n) is 4.60. The van der Waals surface area contributed by atoms with Gasteiger partial charge in [-0.2, -0.15) is 0 Å². The molecule has 0 saturated carbocycles. The highest BCUT2D eigenvalue weighted by molar-refractivity contribution is 6.01. The average Bonchev–Trinajstić information content (AvgIpc) is 2.74. The lowest BCUT2D eigenvalue weighted by Crippen LogP contribution is -2.03. The topological polar surface area (TPSA) is 39.2 Å². The Kier molecular flexibility index (Phi) is 2.59. The van der Waals surface area contributed by atoms with Gasteiger partial charge in [-0.1, -0.05) is 12.1 Å². The number of cyclic esters (lactones) is 1. The molecule has 1 aromatic heterocycles. The van der Waals surface area contributed by atoms with Crippen LogP contribution in [-0.4, -0.2) is 11.0 Å². The molecular formula is C15H12FNO2. The third-order valence-electron chi connectivity index (χ3n) is 3.44. The molecule has 0 aliphatic carbocycles. The minimum Gasteiger partial charge on any atom is -0.455 e. The van der Waals surface area contributed by atoms with Gasteiger partial charge in [0.1, 0.15) is 12.4 Å². The second-order valence-corrected chi connectivity index (χ2v) is 4.60. The number of fused-ring (bicyclic) bond motifs is 1. The zero-order valence-electron chi connectivity index (χ0n) is 10.7. The summed E-state index contributed by atoms with van der Waals surface area (Å²) >= 11 is 0. The number of nitrogens with zero attached hydrogens (tertiary/aromatic N) is 1. The Morgan fingerprint density at radius 1 is 1.16 bits per heavy atom. The number of carbonyl (C=O) groups is 1. The van der Waals surface area contributed by atoms with Crippen molar-refractivity contribution in [2.45, 2.75) is 20.5 Å². The Balaban J connectivity index is 2.31. The van der Waals surface area contributed by atoms with E-state index in [1.807, 2.05) is 13.8 Å². The molecule has 0 radical (unpaired) electrons. The molecule has 4 heteroatoms. The molecule has 0 spiro atoms. The number of halogens is 1. The molecule has 1 aliphatic heterocycles. The number of ether oxygens (including phenoxy) is 1. The summed E-state index contributed by atoms with van der Waals surface area (Å²) in [6, 6.07) is 6.11. The van der Waals surface area contributed by atoms with Crippen LogP contribution in [0.3, 0.4) is 0 Å². The molecule has 0 N–H and O–H groups in total. The number of aryl methyl sites for hydroxylation is 1. The Hall–Kier alpha value is -2.23. The fourth-order valence-corrected chi connectivity index (χ4v) is 2.36.